The Labute approximate surface area is 127 Å². The summed E-state index contributed by atoms with van der Waals surface area (Å²) >= 11 is 13.0. The Bertz CT molecular complexity index is 557. The SMILES string of the molecule is Fc1cccc(CC(Br)c2ccc(Cl)cc2Br)c1. The highest BCUT2D eigenvalue weighted by Crippen LogP contribution is 2.34. The molecular formula is C14H10Br2ClF. The van der Waals surface area contributed by atoms with Gasteiger partial charge in [-0.25, -0.2) is 4.39 Å². The smallest absolute Gasteiger partial charge is 0.123 e. The highest BCUT2D eigenvalue weighted by molar-refractivity contribution is 9.11. The van der Waals surface area contributed by atoms with Crippen molar-refractivity contribution in [3.63, 3.8) is 0 Å². The summed E-state index contributed by atoms with van der Waals surface area (Å²) in [4.78, 5) is 0.117. The number of hydrogen-bond acceptors (Lipinski definition) is 0. The molecule has 0 aliphatic heterocycles. The summed E-state index contributed by atoms with van der Waals surface area (Å²) in [6.45, 7) is 0. The molecule has 0 saturated carbocycles. The monoisotopic (exact) mass is 390 g/mol. The molecule has 94 valence electrons. The third-order valence-corrected chi connectivity index (χ3v) is 4.34. The highest BCUT2D eigenvalue weighted by atomic mass is 79.9. The topological polar surface area (TPSA) is 0 Å². The van der Waals surface area contributed by atoms with Crippen molar-refractivity contribution >= 4 is 43.5 Å². The lowest BCUT2D eigenvalue weighted by Gasteiger charge is -2.12. The van der Waals surface area contributed by atoms with Crippen molar-refractivity contribution in [3.8, 4) is 0 Å². The van der Waals surface area contributed by atoms with Crippen LogP contribution in [0.5, 0.6) is 0 Å². The van der Waals surface area contributed by atoms with Crippen LogP contribution in [0.25, 0.3) is 0 Å². The van der Waals surface area contributed by atoms with Crippen molar-refractivity contribution < 1.29 is 4.39 Å². The van der Waals surface area contributed by atoms with Gasteiger partial charge in [-0.15, -0.1) is 0 Å². The summed E-state index contributed by atoms with van der Waals surface area (Å²) in [5, 5.41) is 0.691. The normalized spacial score (nSPS) is 12.4. The Kier molecular flexibility index (Phi) is 4.82. The number of hydrogen-bond donors (Lipinski definition) is 0. The van der Waals surface area contributed by atoms with Gasteiger partial charge in [0, 0.05) is 14.3 Å². The Morgan fingerprint density at radius 2 is 1.94 bits per heavy atom. The van der Waals surface area contributed by atoms with Gasteiger partial charge in [-0.1, -0.05) is 61.7 Å². The molecule has 0 aromatic heterocycles. The van der Waals surface area contributed by atoms with Crippen LogP contribution in [-0.4, -0.2) is 0 Å². The molecule has 0 fully saturated rings. The van der Waals surface area contributed by atoms with E-state index >= 15 is 0 Å². The van der Waals surface area contributed by atoms with E-state index in [1.165, 1.54) is 6.07 Å². The minimum Gasteiger partial charge on any atom is -0.207 e. The molecule has 0 aliphatic carbocycles. The van der Waals surface area contributed by atoms with Gasteiger partial charge in [0.05, 0.1) is 0 Å². The molecule has 0 amide bonds. The Hall–Kier alpha value is -0.380. The maximum absolute atomic E-state index is 13.1. The molecule has 0 aliphatic rings. The number of alkyl halides is 1. The fourth-order valence-corrected chi connectivity index (χ4v) is 3.78. The second-order valence-electron chi connectivity index (χ2n) is 3.97. The standard InChI is InChI=1S/C14H10Br2ClF/c15-13(7-9-2-1-3-11(18)6-9)12-5-4-10(17)8-14(12)16/h1-6,8,13H,7H2. The summed E-state index contributed by atoms with van der Waals surface area (Å²) in [6, 6.07) is 12.3. The zero-order valence-electron chi connectivity index (χ0n) is 9.34. The van der Waals surface area contributed by atoms with Crippen LogP contribution < -0.4 is 0 Å². The molecule has 0 nitrogen and oxygen atoms in total. The van der Waals surface area contributed by atoms with E-state index < -0.39 is 0 Å². The average molecular weight is 392 g/mol. The molecule has 0 radical (unpaired) electrons. The summed E-state index contributed by atoms with van der Waals surface area (Å²) in [6.07, 6.45) is 0.720. The second kappa shape index (κ2) is 6.18. The maximum Gasteiger partial charge on any atom is 0.123 e. The van der Waals surface area contributed by atoms with E-state index in [1.54, 1.807) is 12.1 Å². The maximum atomic E-state index is 13.1. The molecule has 1 unspecified atom stereocenters. The van der Waals surface area contributed by atoms with Crippen LogP contribution >= 0.6 is 43.5 Å². The van der Waals surface area contributed by atoms with Gasteiger partial charge in [0.25, 0.3) is 0 Å². The van der Waals surface area contributed by atoms with E-state index in [0.717, 1.165) is 22.0 Å². The van der Waals surface area contributed by atoms with Crippen molar-refractivity contribution in [2.75, 3.05) is 0 Å². The highest BCUT2D eigenvalue weighted by Gasteiger charge is 2.12. The molecule has 4 heteroatoms. The van der Waals surface area contributed by atoms with Crippen molar-refractivity contribution in [3.05, 3.63) is 68.9 Å². The summed E-state index contributed by atoms with van der Waals surface area (Å²) in [7, 11) is 0. The summed E-state index contributed by atoms with van der Waals surface area (Å²) < 4.78 is 14.1. The van der Waals surface area contributed by atoms with E-state index in [9.17, 15) is 4.39 Å². The first-order valence-corrected chi connectivity index (χ1v) is 7.48. The molecule has 0 saturated heterocycles. The van der Waals surface area contributed by atoms with Gasteiger partial charge in [-0.05, 0) is 41.8 Å². The molecule has 2 aromatic carbocycles. The van der Waals surface area contributed by atoms with Gasteiger partial charge < -0.3 is 0 Å². The Morgan fingerprint density at radius 3 is 2.61 bits per heavy atom. The minimum absolute atomic E-state index is 0.117. The Balaban J connectivity index is 2.19. The third-order valence-electron chi connectivity index (χ3n) is 2.60. The largest absolute Gasteiger partial charge is 0.207 e. The van der Waals surface area contributed by atoms with E-state index in [4.69, 9.17) is 11.6 Å². The first-order valence-electron chi connectivity index (χ1n) is 5.40. The zero-order chi connectivity index (χ0) is 13.1. The lowest BCUT2D eigenvalue weighted by molar-refractivity contribution is 0.625. The van der Waals surface area contributed by atoms with Crippen LogP contribution in [0.15, 0.2) is 46.9 Å². The summed E-state index contributed by atoms with van der Waals surface area (Å²) in [5.41, 5.74) is 2.06. The summed E-state index contributed by atoms with van der Waals surface area (Å²) in [5.74, 6) is -0.206. The van der Waals surface area contributed by atoms with E-state index in [2.05, 4.69) is 31.9 Å². The average Bonchev–Trinajstić information content (AvgIpc) is 2.28. The van der Waals surface area contributed by atoms with Crippen LogP contribution in [-0.2, 0) is 6.42 Å². The fraction of sp³-hybridized carbons (Fsp3) is 0.143. The lowest BCUT2D eigenvalue weighted by atomic mass is 10.0. The molecule has 0 spiro atoms. The van der Waals surface area contributed by atoms with E-state index in [-0.39, 0.29) is 10.6 Å². The quantitative estimate of drug-likeness (QED) is 0.569. The lowest BCUT2D eigenvalue weighted by Crippen LogP contribution is -1.97. The van der Waals surface area contributed by atoms with Crippen LogP contribution in [0.3, 0.4) is 0 Å². The molecular weight excluding hydrogens is 382 g/mol. The Morgan fingerprint density at radius 1 is 1.17 bits per heavy atom. The number of rotatable bonds is 3. The van der Waals surface area contributed by atoms with Crippen LogP contribution in [0.1, 0.15) is 16.0 Å². The molecule has 1 atom stereocenters. The number of halogens is 4. The van der Waals surface area contributed by atoms with Crippen molar-refractivity contribution in [1.29, 1.82) is 0 Å². The van der Waals surface area contributed by atoms with Gasteiger partial charge in [0.2, 0.25) is 0 Å². The first-order chi connectivity index (χ1) is 8.56. The molecule has 2 aromatic rings. The van der Waals surface area contributed by atoms with Crippen LogP contribution in [0.4, 0.5) is 4.39 Å². The van der Waals surface area contributed by atoms with Crippen LogP contribution in [0.2, 0.25) is 5.02 Å². The van der Waals surface area contributed by atoms with E-state index in [0.29, 0.717) is 5.02 Å². The van der Waals surface area contributed by atoms with Crippen LogP contribution in [0, 0.1) is 5.82 Å². The first kappa shape index (κ1) is 14.0. The van der Waals surface area contributed by atoms with Crippen molar-refractivity contribution in [2.24, 2.45) is 0 Å². The van der Waals surface area contributed by atoms with Gasteiger partial charge in [-0.2, -0.15) is 0 Å². The fourth-order valence-electron chi connectivity index (χ4n) is 1.74. The molecule has 18 heavy (non-hydrogen) atoms. The molecule has 0 heterocycles. The van der Waals surface area contributed by atoms with Gasteiger partial charge >= 0.3 is 0 Å². The zero-order valence-corrected chi connectivity index (χ0v) is 13.3. The van der Waals surface area contributed by atoms with E-state index in [1.807, 2.05) is 24.3 Å². The second-order valence-corrected chi connectivity index (χ2v) is 6.36. The predicted octanol–water partition coefficient (Wildman–Crippen LogP) is 5.92. The predicted molar refractivity (Wildman–Crippen MR) is 80.9 cm³/mol. The number of benzene rings is 2. The third kappa shape index (κ3) is 3.56. The molecule has 0 N–H and O–H groups in total. The molecule has 0 bridgehead atoms. The molecule has 2 rings (SSSR count). The minimum atomic E-state index is -0.206. The van der Waals surface area contributed by atoms with Crippen molar-refractivity contribution in [1.82, 2.24) is 0 Å². The van der Waals surface area contributed by atoms with Gasteiger partial charge in [0.15, 0.2) is 0 Å². The van der Waals surface area contributed by atoms with Crippen molar-refractivity contribution in [2.45, 2.75) is 11.2 Å². The van der Waals surface area contributed by atoms with Gasteiger partial charge in [0.1, 0.15) is 5.82 Å². The van der Waals surface area contributed by atoms with Gasteiger partial charge in [-0.3, -0.25) is 0 Å².